The van der Waals surface area contributed by atoms with Crippen LogP contribution >= 0.6 is 27.5 Å². The van der Waals surface area contributed by atoms with Gasteiger partial charge in [-0.2, -0.15) is 0 Å². The van der Waals surface area contributed by atoms with E-state index >= 15 is 0 Å². The number of hydrogen-bond acceptors (Lipinski definition) is 4. The molecule has 0 spiro atoms. The number of nitrogens with one attached hydrogen (secondary N) is 1. The molecule has 0 unspecified atom stereocenters. The summed E-state index contributed by atoms with van der Waals surface area (Å²) in [6, 6.07) is 11.4. The quantitative estimate of drug-likeness (QED) is 0.567. The lowest BCUT2D eigenvalue weighted by Crippen LogP contribution is -2.50. The molecular weight excluding hydrogens is 506 g/mol. The number of anilines is 1. The summed E-state index contributed by atoms with van der Waals surface area (Å²) in [7, 11) is -2.31. The number of benzene rings is 2. The lowest BCUT2D eigenvalue weighted by atomic mass is 10.1. The summed E-state index contributed by atoms with van der Waals surface area (Å²) >= 11 is 9.47. The summed E-state index contributed by atoms with van der Waals surface area (Å²) in [6.07, 6.45) is 1.03. The van der Waals surface area contributed by atoms with Gasteiger partial charge in [-0.05, 0) is 49.2 Å². The van der Waals surface area contributed by atoms with Crippen LogP contribution in [-0.4, -0.2) is 51.0 Å². The van der Waals surface area contributed by atoms with Crippen molar-refractivity contribution in [3.05, 3.63) is 63.1 Å². The third-order valence-electron chi connectivity index (χ3n) is 4.77. The van der Waals surface area contributed by atoms with Crippen molar-refractivity contribution in [1.82, 2.24) is 10.2 Å². The maximum Gasteiger partial charge on any atom is 0.244 e. The van der Waals surface area contributed by atoms with Gasteiger partial charge >= 0.3 is 0 Å². The summed E-state index contributed by atoms with van der Waals surface area (Å²) in [5.41, 5.74) is 1.77. The second kappa shape index (κ2) is 10.5. The van der Waals surface area contributed by atoms with Gasteiger partial charge in [-0.15, -0.1) is 0 Å². The van der Waals surface area contributed by atoms with Crippen LogP contribution in [0, 0.1) is 6.92 Å². The van der Waals surface area contributed by atoms with Crippen LogP contribution in [0.1, 0.15) is 18.1 Å². The van der Waals surface area contributed by atoms with Crippen molar-refractivity contribution < 1.29 is 18.0 Å². The lowest BCUT2D eigenvalue weighted by molar-refractivity contribution is -0.139. The molecule has 7 nitrogen and oxygen atoms in total. The molecule has 0 fully saturated rings. The van der Waals surface area contributed by atoms with Crippen LogP contribution in [0.4, 0.5) is 5.69 Å². The van der Waals surface area contributed by atoms with Crippen LogP contribution in [0.15, 0.2) is 46.9 Å². The molecule has 2 amide bonds. The zero-order valence-corrected chi connectivity index (χ0v) is 20.9. The molecule has 0 aliphatic rings. The van der Waals surface area contributed by atoms with Gasteiger partial charge in [0.2, 0.25) is 21.8 Å². The minimum Gasteiger partial charge on any atom is -0.357 e. The molecule has 1 atom stereocenters. The Balaban J connectivity index is 2.43. The number of nitrogens with zero attached hydrogens (tertiary/aromatic N) is 2. The van der Waals surface area contributed by atoms with E-state index in [0.29, 0.717) is 16.3 Å². The summed E-state index contributed by atoms with van der Waals surface area (Å²) in [5, 5.41) is 2.89. The molecular formula is C21H25BrClN3O4S. The number of likely N-dealkylation sites (N-methyl/N-ethyl adjacent to an activating group) is 1. The van der Waals surface area contributed by atoms with E-state index in [2.05, 4.69) is 21.2 Å². The normalized spacial score (nSPS) is 12.2. The predicted octanol–water partition coefficient (Wildman–Crippen LogP) is 3.34. The van der Waals surface area contributed by atoms with E-state index in [9.17, 15) is 18.0 Å². The fraction of sp³-hybridized carbons (Fsp3) is 0.333. The first-order valence-electron chi connectivity index (χ1n) is 9.43. The predicted molar refractivity (Wildman–Crippen MR) is 127 cm³/mol. The Morgan fingerprint density at radius 2 is 1.87 bits per heavy atom. The number of hydrogen-bond donors (Lipinski definition) is 1. The van der Waals surface area contributed by atoms with Gasteiger partial charge in [-0.3, -0.25) is 13.9 Å². The minimum atomic E-state index is -3.80. The van der Waals surface area contributed by atoms with Crippen molar-refractivity contribution in [1.29, 1.82) is 0 Å². The largest absolute Gasteiger partial charge is 0.357 e. The number of carbonyl (C=O) groups excluding carboxylic acids is 2. The number of amides is 2. The summed E-state index contributed by atoms with van der Waals surface area (Å²) in [6.45, 7) is 3.01. The van der Waals surface area contributed by atoms with Crippen LogP contribution in [0.5, 0.6) is 0 Å². The first-order valence-corrected chi connectivity index (χ1v) is 12.5. The fourth-order valence-electron chi connectivity index (χ4n) is 3.07. The highest BCUT2D eigenvalue weighted by molar-refractivity contribution is 9.10. The van der Waals surface area contributed by atoms with Crippen LogP contribution in [-0.2, 0) is 26.2 Å². The van der Waals surface area contributed by atoms with E-state index in [0.717, 1.165) is 20.6 Å². The van der Waals surface area contributed by atoms with E-state index in [1.807, 2.05) is 24.3 Å². The molecule has 0 aliphatic carbocycles. The van der Waals surface area contributed by atoms with E-state index < -0.39 is 28.5 Å². The molecule has 2 aromatic carbocycles. The van der Waals surface area contributed by atoms with E-state index in [4.69, 9.17) is 11.6 Å². The number of halogens is 2. The van der Waals surface area contributed by atoms with Crippen molar-refractivity contribution in [3.8, 4) is 0 Å². The van der Waals surface area contributed by atoms with Crippen molar-refractivity contribution in [2.45, 2.75) is 26.4 Å². The van der Waals surface area contributed by atoms with Gasteiger partial charge < -0.3 is 10.2 Å². The molecule has 0 saturated heterocycles. The Morgan fingerprint density at radius 1 is 1.19 bits per heavy atom. The molecule has 0 aromatic heterocycles. The maximum atomic E-state index is 13.3. The zero-order valence-electron chi connectivity index (χ0n) is 17.7. The Kier molecular flexibility index (Phi) is 8.50. The Labute approximate surface area is 196 Å². The van der Waals surface area contributed by atoms with E-state index in [1.165, 1.54) is 18.0 Å². The second-order valence-corrected chi connectivity index (χ2v) is 10.4. The Hall–Kier alpha value is -2.10. The Morgan fingerprint density at radius 3 is 2.45 bits per heavy atom. The third kappa shape index (κ3) is 6.69. The van der Waals surface area contributed by atoms with Gasteiger partial charge in [0.05, 0.1) is 11.9 Å². The average molecular weight is 531 g/mol. The molecule has 0 saturated carbocycles. The van der Waals surface area contributed by atoms with Gasteiger partial charge in [0.25, 0.3) is 0 Å². The van der Waals surface area contributed by atoms with Crippen molar-refractivity contribution in [3.63, 3.8) is 0 Å². The van der Waals surface area contributed by atoms with Crippen LogP contribution in [0.3, 0.4) is 0 Å². The van der Waals surface area contributed by atoms with Gasteiger partial charge in [-0.25, -0.2) is 8.42 Å². The van der Waals surface area contributed by atoms with Gasteiger partial charge in [0, 0.05) is 23.1 Å². The minimum absolute atomic E-state index is 0.138. The Bertz CT molecular complexity index is 1080. The van der Waals surface area contributed by atoms with Gasteiger partial charge in [0.15, 0.2) is 0 Å². The number of rotatable bonds is 8. The summed E-state index contributed by atoms with van der Waals surface area (Å²) in [4.78, 5) is 27.0. The topological polar surface area (TPSA) is 86.8 Å². The van der Waals surface area contributed by atoms with Gasteiger partial charge in [-0.1, -0.05) is 45.7 Å². The average Bonchev–Trinajstić information content (AvgIpc) is 2.70. The summed E-state index contributed by atoms with van der Waals surface area (Å²) in [5.74, 6) is -0.867. The van der Waals surface area contributed by atoms with Crippen molar-refractivity contribution in [2.24, 2.45) is 0 Å². The van der Waals surface area contributed by atoms with Crippen LogP contribution in [0.25, 0.3) is 0 Å². The number of sulfonamides is 1. The smallest absolute Gasteiger partial charge is 0.244 e. The standard InChI is InChI=1S/C21H25BrClN3O4S/c1-14-8-9-18(23)11-19(14)26(31(4,29)30)13-20(27)25(15(2)21(28)24-3)12-16-6-5-7-17(22)10-16/h5-11,15H,12-13H2,1-4H3,(H,24,28)/t15-/m0/s1. The van der Waals surface area contributed by atoms with Crippen LogP contribution < -0.4 is 9.62 Å². The zero-order chi connectivity index (χ0) is 23.3. The number of aryl methyl sites for hydroxylation is 1. The first kappa shape index (κ1) is 25.2. The molecule has 168 valence electrons. The maximum absolute atomic E-state index is 13.3. The van der Waals surface area contributed by atoms with Crippen molar-refractivity contribution in [2.75, 3.05) is 24.2 Å². The highest BCUT2D eigenvalue weighted by Gasteiger charge is 2.30. The molecule has 0 aliphatic heterocycles. The molecule has 1 N–H and O–H groups in total. The molecule has 10 heteroatoms. The second-order valence-electron chi connectivity index (χ2n) is 7.14. The molecule has 2 aromatic rings. The SMILES string of the molecule is CNC(=O)[C@H](C)N(Cc1cccc(Br)c1)C(=O)CN(c1cc(Cl)ccc1C)S(C)(=O)=O. The molecule has 0 radical (unpaired) electrons. The van der Waals surface area contributed by atoms with E-state index in [1.54, 1.807) is 26.0 Å². The van der Waals surface area contributed by atoms with Crippen LogP contribution in [0.2, 0.25) is 5.02 Å². The molecule has 2 rings (SSSR count). The third-order valence-corrected chi connectivity index (χ3v) is 6.63. The molecule has 31 heavy (non-hydrogen) atoms. The highest BCUT2D eigenvalue weighted by atomic mass is 79.9. The monoisotopic (exact) mass is 529 g/mol. The van der Waals surface area contributed by atoms with Crippen molar-refractivity contribution >= 4 is 55.1 Å². The number of carbonyl (C=O) groups is 2. The summed E-state index contributed by atoms with van der Waals surface area (Å²) < 4.78 is 26.9. The molecule has 0 heterocycles. The lowest BCUT2D eigenvalue weighted by Gasteiger charge is -2.31. The highest BCUT2D eigenvalue weighted by Crippen LogP contribution is 2.27. The first-order chi connectivity index (χ1) is 14.4. The fourth-order valence-corrected chi connectivity index (χ4v) is 4.58. The van der Waals surface area contributed by atoms with Gasteiger partial charge in [0.1, 0.15) is 12.6 Å². The molecule has 0 bridgehead atoms. The van der Waals surface area contributed by atoms with E-state index in [-0.39, 0.29) is 12.5 Å².